The van der Waals surface area contributed by atoms with Crippen molar-refractivity contribution in [1.82, 2.24) is 10.2 Å². The summed E-state index contributed by atoms with van der Waals surface area (Å²) in [6, 6.07) is 11.7. The maximum absolute atomic E-state index is 5.90. The van der Waals surface area contributed by atoms with Gasteiger partial charge in [-0.1, -0.05) is 35.5 Å². The second kappa shape index (κ2) is 6.30. The van der Waals surface area contributed by atoms with Crippen LogP contribution in [0.5, 0.6) is 0 Å². The summed E-state index contributed by atoms with van der Waals surface area (Å²) < 4.78 is 7.39. The summed E-state index contributed by atoms with van der Waals surface area (Å²) >= 11 is 12.4. The summed E-state index contributed by atoms with van der Waals surface area (Å²) in [5.74, 6) is 1.29. The van der Waals surface area contributed by atoms with E-state index >= 15 is 0 Å². The molecule has 0 radical (unpaired) electrons. The second-order valence-corrected chi connectivity index (χ2v) is 7.43. The van der Waals surface area contributed by atoms with Crippen LogP contribution in [0.3, 0.4) is 0 Å². The molecule has 0 aliphatic rings. The molecule has 3 nitrogen and oxygen atoms in total. The Balaban J connectivity index is 1.72. The molecule has 3 rings (SSSR count). The Labute approximate surface area is 137 Å². The number of rotatable bonds is 4. The molecule has 0 bridgehead atoms. The molecule has 2 aromatic heterocycles. The second-order valence-electron chi connectivity index (χ2n) is 3.85. The molecule has 0 saturated heterocycles. The largest absolute Gasteiger partial charge is 0.411 e. The first-order valence-electron chi connectivity index (χ1n) is 5.68. The quantitative estimate of drug-likeness (QED) is 0.554. The van der Waals surface area contributed by atoms with Crippen LogP contribution >= 0.6 is 50.6 Å². The van der Waals surface area contributed by atoms with Crippen LogP contribution in [0.25, 0.3) is 11.5 Å². The molecule has 7 heteroatoms. The van der Waals surface area contributed by atoms with E-state index in [2.05, 4.69) is 26.1 Å². The van der Waals surface area contributed by atoms with Crippen LogP contribution in [0.2, 0.25) is 4.34 Å². The van der Waals surface area contributed by atoms with E-state index in [9.17, 15) is 0 Å². The number of halogens is 2. The average molecular weight is 388 g/mol. The standard InChI is InChI=1S/C13H8BrClN2OS2/c14-10-4-2-1-3-9(10)12-16-17-13(18-12)19-7-8-5-6-11(15)20-8/h1-6H,7H2. The summed E-state index contributed by atoms with van der Waals surface area (Å²) in [6.45, 7) is 0. The van der Waals surface area contributed by atoms with Crippen molar-refractivity contribution in [2.75, 3.05) is 0 Å². The molecule has 0 atom stereocenters. The predicted molar refractivity (Wildman–Crippen MR) is 86.3 cm³/mol. The van der Waals surface area contributed by atoms with Crippen molar-refractivity contribution in [3.63, 3.8) is 0 Å². The van der Waals surface area contributed by atoms with Gasteiger partial charge in [-0.25, -0.2) is 0 Å². The number of aromatic nitrogens is 2. The van der Waals surface area contributed by atoms with Gasteiger partial charge >= 0.3 is 0 Å². The van der Waals surface area contributed by atoms with Crippen LogP contribution in [-0.2, 0) is 5.75 Å². The van der Waals surface area contributed by atoms with Gasteiger partial charge in [0.05, 0.1) is 9.90 Å². The highest BCUT2D eigenvalue weighted by atomic mass is 79.9. The van der Waals surface area contributed by atoms with Gasteiger partial charge in [0, 0.05) is 15.1 Å². The van der Waals surface area contributed by atoms with E-state index in [-0.39, 0.29) is 0 Å². The fourth-order valence-corrected chi connectivity index (χ4v) is 3.92. The number of thiophene rings is 1. The van der Waals surface area contributed by atoms with E-state index < -0.39 is 0 Å². The van der Waals surface area contributed by atoms with Crippen molar-refractivity contribution in [3.05, 3.63) is 50.1 Å². The highest BCUT2D eigenvalue weighted by Gasteiger charge is 2.12. The highest BCUT2D eigenvalue weighted by Crippen LogP contribution is 2.31. The van der Waals surface area contributed by atoms with Crippen molar-refractivity contribution in [3.8, 4) is 11.5 Å². The zero-order chi connectivity index (χ0) is 13.9. The van der Waals surface area contributed by atoms with E-state index in [1.54, 1.807) is 11.3 Å². The Hall–Kier alpha value is -0.820. The van der Waals surface area contributed by atoms with Gasteiger partial charge in [0.2, 0.25) is 5.89 Å². The Morgan fingerprint density at radius 2 is 2.05 bits per heavy atom. The molecule has 0 aliphatic carbocycles. The minimum absolute atomic E-state index is 0.518. The topological polar surface area (TPSA) is 38.9 Å². The molecule has 0 unspecified atom stereocenters. The van der Waals surface area contributed by atoms with Gasteiger partial charge in [0.15, 0.2) is 0 Å². The fourth-order valence-electron chi connectivity index (χ4n) is 1.57. The van der Waals surface area contributed by atoms with Gasteiger partial charge in [-0.3, -0.25) is 0 Å². The molecular weight excluding hydrogens is 380 g/mol. The number of hydrogen-bond acceptors (Lipinski definition) is 5. The molecule has 0 amide bonds. The number of nitrogens with zero attached hydrogens (tertiary/aromatic N) is 2. The molecule has 0 spiro atoms. The third-order valence-corrected chi connectivity index (χ3v) is 5.45. The summed E-state index contributed by atoms with van der Waals surface area (Å²) in [4.78, 5) is 1.18. The van der Waals surface area contributed by atoms with Crippen LogP contribution in [0.4, 0.5) is 0 Å². The monoisotopic (exact) mass is 386 g/mol. The molecule has 0 saturated carbocycles. The SMILES string of the molecule is Clc1ccc(CSc2nnc(-c3ccccc3Br)o2)s1. The molecular formula is C13H8BrClN2OS2. The zero-order valence-electron chi connectivity index (χ0n) is 10.0. The molecule has 0 aliphatic heterocycles. The molecule has 20 heavy (non-hydrogen) atoms. The number of thioether (sulfide) groups is 1. The van der Waals surface area contributed by atoms with Gasteiger partial charge in [0.25, 0.3) is 5.22 Å². The van der Waals surface area contributed by atoms with Gasteiger partial charge in [-0.2, -0.15) is 0 Å². The van der Waals surface area contributed by atoms with Crippen LogP contribution < -0.4 is 0 Å². The molecule has 0 fully saturated rings. The normalized spacial score (nSPS) is 10.9. The zero-order valence-corrected chi connectivity index (χ0v) is 14.0. The van der Waals surface area contributed by atoms with E-state index in [0.29, 0.717) is 11.1 Å². The third-order valence-electron chi connectivity index (χ3n) is 2.48. The van der Waals surface area contributed by atoms with Crippen LogP contribution in [0.1, 0.15) is 4.88 Å². The van der Waals surface area contributed by atoms with E-state index in [1.165, 1.54) is 16.6 Å². The van der Waals surface area contributed by atoms with E-state index in [1.807, 2.05) is 36.4 Å². The van der Waals surface area contributed by atoms with Crippen molar-refractivity contribution in [2.24, 2.45) is 0 Å². The van der Waals surface area contributed by atoms with Gasteiger partial charge in [0.1, 0.15) is 0 Å². The minimum Gasteiger partial charge on any atom is -0.411 e. The van der Waals surface area contributed by atoms with E-state index in [0.717, 1.165) is 20.1 Å². The van der Waals surface area contributed by atoms with Crippen molar-refractivity contribution in [1.29, 1.82) is 0 Å². The highest BCUT2D eigenvalue weighted by molar-refractivity contribution is 9.10. The summed E-state index contributed by atoms with van der Waals surface area (Å²) in [6.07, 6.45) is 0. The van der Waals surface area contributed by atoms with Crippen LogP contribution in [-0.4, -0.2) is 10.2 Å². The van der Waals surface area contributed by atoms with Crippen LogP contribution in [0, 0.1) is 0 Å². The number of hydrogen-bond donors (Lipinski definition) is 0. The summed E-state index contributed by atoms with van der Waals surface area (Å²) in [5.41, 5.74) is 0.894. The smallest absolute Gasteiger partial charge is 0.277 e. The van der Waals surface area contributed by atoms with Crippen molar-refractivity contribution in [2.45, 2.75) is 11.0 Å². The first-order valence-corrected chi connectivity index (χ1v) is 8.65. The Morgan fingerprint density at radius 1 is 1.20 bits per heavy atom. The fraction of sp³-hybridized carbons (Fsp3) is 0.0769. The molecule has 1 aromatic carbocycles. The molecule has 102 valence electrons. The van der Waals surface area contributed by atoms with Gasteiger partial charge < -0.3 is 4.42 Å². The maximum Gasteiger partial charge on any atom is 0.277 e. The third kappa shape index (κ3) is 3.25. The lowest BCUT2D eigenvalue weighted by molar-refractivity contribution is 0.465. The minimum atomic E-state index is 0.518. The lowest BCUT2D eigenvalue weighted by Crippen LogP contribution is -1.78. The summed E-state index contributed by atoms with van der Waals surface area (Å²) in [5, 5.41) is 8.68. The van der Waals surface area contributed by atoms with Crippen LogP contribution in [0.15, 0.2) is 50.5 Å². The van der Waals surface area contributed by atoms with E-state index in [4.69, 9.17) is 16.0 Å². The first kappa shape index (κ1) is 14.1. The number of benzene rings is 1. The lowest BCUT2D eigenvalue weighted by Gasteiger charge is -1.97. The molecule has 3 aromatic rings. The van der Waals surface area contributed by atoms with Gasteiger partial charge in [-0.15, -0.1) is 21.5 Å². The Bertz CT molecular complexity index is 728. The Morgan fingerprint density at radius 3 is 2.80 bits per heavy atom. The lowest BCUT2D eigenvalue weighted by atomic mass is 10.2. The first-order chi connectivity index (χ1) is 9.72. The van der Waals surface area contributed by atoms with Crippen molar-refractivity contribution < 1.29 is 4.42 Å². The molecule has 0 N–H and O–H groups in total. The maximum atomic E-state index is 5.90. The predicted octanol–water partition coefficient (Wildman–Crippen LogP) is 5.51. The summed E-state index contributed by atoms with van der Waals surface area (Å²) in [7, 11) is 0. The van der Waals surface area contributed by atoms with Gasteiger partial charge in [-0.05, 0) is 40.2 Å². The van der Waals surface area contributed by atoms with Crippen molar-refractivity contribution >= 4 is 50.6 Å². The average Bonchev–Trinajstić information content (AvgIpc) is 3.06. The Kier molecular flexibility index (Phi) is 4.45. The molecule has 2 heterocycles.